The normalized spacial score (nSPS) is 12.1. The average molecular weight is 271 g/mol. The number of thioether (sulfide) groups is 1. The van der Waals surface area contributed by atoms with Crippen molar-refractivity contribution in [1.82, 2.24) is 9.88 Å². The molecule has 0 fully saturated rings. The first-order valence-electron chi connectivity index (χ1n) is 5.61. The van der Waals surface area contributed by atoms with E-state index in [0.29, 0.717) is 0 Å². The number of anilines is 1. The third-order valence-electron chi connectivity index (χ3n) is 2.75. The highest BCUT2D eigenvalue weighted by Crippen LogP contribution is 2.17. The highest BCUT2D eigenvalue weighted by atomic mass is 32.2. The summed E-state index contributed by atoms with van der Waals surface area (Å²) >= 11 is 1.65. The summed E-state index contributed by atoms with van der Waals surface area (Å²) < 4.78 is 14.0. The third-order valence-corrected chi connectivity index (χ3v) is 3.56. The fourth-order valence-electron chi connectivity index (χ4n) is 1.53. The molecule has 0 radical (unpaired) electrons. The molecule has 0 saturated heterocycles. The van der Waals surface area contributed by atoms with E-state index in [4.69, 9.17) is 0 Å². The fraction of sp³-hybridized carbons (Fsp3) is 0.500. The van der Waals surface area contributed by atoms with E-state index in [1.807, 2.05) is 13.2 Å². The summed E-state index contributed by atoms with van der Waals surface area (Å²) in [5, 5.41) is 2.62. The summed E-state index contributed by atoms with van der Waals surface area (Å²) in [5.41, 5.74) is 0.0461. The standard InChI is InChI=1S/C12H18FN3OS/c1-8(7-18-4)16(3)12(17)9-5-6-15-11(14-2)10(9)13/h5-6,8H,7H2,1-4H3,(H,14,15). The van der Waals surface area contributed by atoms with Crippen LogP contribution in [-0.4, -0.2) is 47.9 Å². The van der Waals surface area contributed by atoms with Gasteiger partial charge in [0.1, 0.15) is 0 Å². The van der Waals surface area contributed by atoms with Crippen molar-refractivity contribution in [3.05, 3.63) is 23.6 Å². The number of hydrogen-bond acceptors (Lipinski definition) is 4. The maximum absolute atomic E-state index is 14.0. The molecule has 0 aliphatic carbocycles. The first-order valence-corrected chi connectivity index (χ1v) is 7.00. The molecule has 100 valence electrons. The Balaban J connectivity index is 2.97. The van der Waals surface area contributed by atoms with Crippen LogP contribution in [0.1, 0.15) is 17.3 Å². The lowest BCUT2D eigenvalue weighted by Crippen LogP contribution is -2.37. The molecular weight excluding hydrogens is 253 g/mol. The van der Waals surface area contributed by atoms with Gasteiger partial charge in [0.2, 0.25) is 0 Å². The summed E-state index contributed by atoms with van der Waals surface area (Å²) in [6.45, 7) is 1.94. The molecule has 1 amide bonds. The minimum atomic E-state index is -0.604. The molecule has 1 aromatic heterocycles. The van der Waals surface area contributed by atoms with E-state index >= 15 is 0 Å². The van der Waals surface area contributed by atoms with Gasteiger partial charge in [0.15, 0.2) is 11.6 Å². The van der Waals surface area contributed by atoms with Gasteiger partial charge in [0.25, 0.3) is 5.91 Å². The molecule has 1 aromatic rings. The van der Waals surface area contributed by atoms with Crippen molar-refractivity contribution in [3.8, 4) is 0 Å². The molecule has 0 saturated carbocycles. The van der Waals surface area contributed by atoms with E-state index in [0.717, 1.165) is 5.75 Å². The smallest absolute Gasteiger partial charge is 0.257 e. The molecule has 1 atom stereocenters. The number of carbonyl (C=O) groups is 1. The Bertz CT molecular complexity index is 428. The quantitative estimate of drug-likeness (QED) is 0.890. The number of nitrogens with zero attached hydrogens (tertiary/aromatic N) is 2. The molecule has 0 aliphatic heterocycles. The molecule has 0 bridgehead atoms. The first kappa shape index (κ1) is 14.8. The second kappa shape index (κ2) is 6.58. The van der Waals surface area contributed by atoms with E-state index in [1.54, 1.807) is 30.8 Å². The summed E-state index contributed by atoms with van der Waals surface area (Å²) in [4.78, 5) is 17.5. The molecule has 1 rings (SSSR count). The Morgan fingerprint density at radius 2 is 2.33 bits per heavy atom. The molecule has 1 N–H and O–H groups in total. The number of nitrogens with one attached hydrogen (secondary N) is 1. The summed E-state index contributed by atoms with van der Waals surface area (Å²) in [5.74, 6) is -0.0266. The SMILES string of the molecule is CNc1nccc(C(=O)N(C)C(C)CSC)c1F. The van der Waals surface area contributed by atoms with E-state index in [1.165, 1.54) is 12.3 Å². The maximum Gasteiger partial charge on any atom is 0.257 e. The van der Waals surface area contributed by atoms with Crippen molar-refractivity contribution in [1.29, 1.82) is 0 Å². The minimum absolute atomic E-state index is 0.0461. The lowest BCUT2D eigenvalue weighted by atomic mass is 10.2. The number of rotatable bonds is 5. The van der Waals surface area contributed by atoms with Crippen LogP contribution in [-0.2, 0) is 0 Å². The molecule has 0 aliphatic rings. The largest absolute Gasteiger partial charge is 0.371 e. The van der Waals surface area contributed by atoms with Gasteiger partial charge in [-0.15, -0.1) is 0 Å². The molecule has 1 unspecified atom stereocenters. The van der Waals surface area contributed by atoms with E-state index in [2.05, 4.69) is 10.3 Å². The Morgan fingerprint density at radius 3 is 2.89 bits per heavy atom. The lowest BCUT2D eigenvalue weighted by molar-refractivity contribution is 0.0753. The fourth-order valence-corrected chi connectivity index (χ4v) is 2.23. The zero-order valence-corrected chi connectivity index (χ0v) is 11.8. The van der Waals surface area contributed by atoms with Crippen LogP contribution in [0.15, 0.2) is 12.3 Å². The Hall–Kier alpha value is -1.30. The van der Waals surface area contributed by atoms with E-state index < -0.39 is 5.82 Å². The Kier molecular flexibility index (Phi) is 5.40. The Labute approximate surface area is 111 Å². The third kappa shape index (κ3) is 3.13. The summed E-state index contributed by atoms with van der Waals surface area (Å²) in [6.07, 6.45) is 3.40. The van der Waals surface area contributed by atoms with Crippen LogP contribution >= 0.6 is 11.8 Å². The topological polar surface area (TPSA) is 45.2 Å². The van der Waals surface area contributed by atoms with Crippen molar-refractivity contribution < 1.29 is 9.18 Å². The van der Waals surface area contributed by atoms with Gasteiger partial charge in [0.05, 0.1) is 5.56 Å². The van der Waals surface area contributed by atoms with Crippen molar-refractivity contribution >= 4 is 23.5 Å². The van der Waals surface area contributed by atoms with Gasteiger partial charge in [-0.2, -0.15) is 11.8 Å². The van der Waals surface area contributed by atoms with Gasteiger partial charge in [-0.3, -0.25) is 4.79 Å². The van der Waals surface area contributed by atoms with Gasteiger partial charge in [-0.05, 0) is 19.2 Å². The maximum atomic E-state index is 14.0. The van der Waals surface area contributed by atoms with Crippen molar-refractivity contribution in [2.75, 3.05) is 31.4 Å². The number of aromatic nitrogens is 1. The summed E-state index contributed by atoms with van der Waals surface area (Å²) in [6, 6.07) is 1.46. The Morgan fingerprint density at radius 1 is 1.67 bits per heavy atom. The van der Waals surface area contributed by atoms with Gasteiger partial charge in [0, 0.05) is 32.1 Å². The second-order valence-electron chi connectivity index (χ2n) is 3.99. The highest BCUT2D eigenvalue weighted by Gasteiger charge is 2.21. The number of hydrogen-bond donors (Lipinski definition) is 1. The number of pyridine rings is 1. The molecule has 1 heterocycles. The number of carbonyl (C=O) groups excluding carboxylic acids is 1. The van der Waals surface area contributed by atoms with Crippen LogP contribution in [0.4, 0.5) is 10.2 Å². The van der Waals surface area contributed by atoms with Gasteiger partial charge in [-0.25, -0.2) is 9.37 Å². The van der Waals surface area contributed by atoms with Crippen LogP contribution in [0.25, 0.3) is 0 Å². The molecule has 4 nitrogen and oxygen atoms in total. The van der Waals surface area contributed by atoms with Crippen LogP contribution in [0, 0.1) is 5.82 Å². The highest BCUT2D eigenvalue weighted by molar-refractivity contribution is 7.98. The molecule has 0 spiro atoms. The lowest BCUT2D eigenvalue weighted by Gasteiger charge is -2.24. The predicted octanol–water partition coefficient (Wildman–Crippen LogP) is 2.09. The number of halogens is 1. The number of amides is 1. The van der Waals surface area contributed by atoms with E-state index in [-0.39, 0.29) is 23.3 Å². The molecule has 0 aromatic carbocycles. The first-order chi connectivity index (χ1) is 8.52. The van der Waals surface area contributed by atoms with Crippen molar-refractivity contribution in [2.24, 2.45) is 0 Å². The van der Waals surface area contributed by atoms with Crippen LogP contribution in [0.5, 0.6) is 0 Å². The molecular formula is C12H18FN3OS. The monoisotopic (exact) mass is 271 g/mol. The zero-order valence-electron chi connectivity index (χ0n) is 11.0. The summed E-state index contributed by atoms with van der Waals surface area (Å²) in [7, 11) is 3.25. The van der Waals surface area contributed by atoms with E-state index in [9.17, 15) is 9.18 Å². The second-order valence-corrected chi connectivity index (χ2v) is 4.90. The van der Waals surface area contributed by atoms with Gasteiger partial charge < -0.3 is 10.2 Å². The van der Waals surface area contributed by atoms with Crippen molar-refractivity contribution in [3.63, 3.8) is 0 Å². The van der Waals surface area contributed by atoms with Crippen LogP contribution in [0.2, 0.25) is 0 Å². The minimum Gasteiger partial charge on any atom is -0.371 e. The van der Waals surface area contributed by atoms with Crippen molar-refractivity contribution in [2.45, 2.75) is 13.0 Å². The van der Waals surface area contributed by atoms with Gasteiger partial charge in [-0.1, -0.05) is 0 Å². The van der Waals surface area contributed by atoms with Crippen LogP contribution < -0.4 is 5.32 Å². The molecule has 6 heteroatoms. The predicted molar refractivity (Wildman–Crippen MR) is 73.7 cm³/mol. The van der Waals surface area contributed by atoms with Crippen LogP contribution in [0.3, 0.4) is 0 Å². The van der Waals surface area contributed by atoms with Gasteiger partial charge >= 0.3 is 0 Å². The average Bonchev–Trinajstić information content (AvgIpc) is 2.37. The zero-order chi connectivity index (χ0) is 13.7. The molecule has 18 heavy (non-hydrogen) atoms.